The molecule has 1 aliphatic rings. The van der Waals surface area contributed by atoms with Crippen LogP contribution >= 0.6 is 11.8 Å². The van der Waals surface area contributed by atoms with Crippen LogP contribution in [0.4, 0.5) is 17.1 Å². The van der Waals surface area contributed by atoms with E-state index in [2.05, 4.69) is 126 Å². The lowest BCUT2D eigenvalue weighted by Gasteiger charge is -2.33. The van der Waals surface area contributed by atoms with Crippen molar-refractivity contribution in [3.05, 3.63) is 206 Å². The number of hydrogen-bond donors (Lipinski definition) is 0. The molecule has 6 nitrogen and oxygen atoms in total. The minimum Gasteiger partial charge on any atom is -0.456 e. The summed E-state index contributed by atoms with van der Waals surface area (Å²) in [6.45, 7) is 0. The molecule has 0 radical (unpaired) electrons. The zero-order chi connectivity index (χ0) is 42.1. The predicted octanol–water partition coefficient (Wildman–Crippen LogP) is 15.9. The molecule has 9 aromatic carbocycles. The second-order valence-electron chi connectivity index (χ2n) is 16.0. The van der Waals surface area contributed by atoms with E-state index in [4.69, 9.17) is 23.8 Å². The van der Waals surface area contributed by atoms with Crippen LogP contribution in [0, 0.1) is 0 Å². The topological polar surface area (TPSA) is 68.2 Å². The Balaban J connectivity index is 0.928. The van der Waals surface area contributed by atoms with Gasteiger partial charge in [0.05, 0.1) is 11.4 Å². The molecule has 0 N–H and O–H groups in total. The average Bonchev–Trinajstić information content (AvgIpc) is 3.93. The van der Waals surface area contributed by atoms with Gasteiger partial charge in [-0.05, 0) is 107 Å². The maximum atomic E-state index is 6.19. The third-order valence-electron chi connectivity index (χ3n) is 12.1. The van der Waals surface area contributed by atoms with Crippen molar-refractivity contribution in [3.8, 4) is 56.4 Å². The zero-order valence-electron chi connectivity index (χ0n) is 34.1. The van der Waals surface area contributed by atoms with E-state index in [1.807, 2.05) is 96.7 Å². The number of furan rings is 2. The molecule has 3 aromatic heterocycles. The first-order chi connectivity index (χ1) is 31.7. The van der Waals surface area contributed by atoms with Crippen LogP contribution < -0.4 is 4.90 Å². The molecule has 0 saturated carbocycles. The van der Waals surface area contributed by atoms with Crippen LogP contribution in [-0.4, -0.2) is 15.0 Å². The summed E-state index contributed by atoms with van der Waals surface area (Å²) in [5, 5.41) is 4.47. The third kappa shape index (κ3) is 6.16. The fourth-order valence-electron chi connectivity index (χ4n) is 8.96. The van der Waals surface area contributed by atoms with E-state index in [-0.39, 0.29) is 0 Å². The minimum absolute atomic E-state index is 0.619. The fourth-order valence-corrected chi connectivity index (χ4v) is 10.1. The number of anilines is 3. The van der Waals surface area contributed by atoms with Crippen LogP contribution in [0.25, 0.3) is 100 Å². The third-order valence-corrected chi connectivity index (χ3v) is 13.2. The van der Waals surface area contributed by atoms with Gasteiger partial charge in [0.1, 0.15) is 22.3 Å². The lowest BCUT2D eigenvalue weighted by molar-refractivity contribution is 0.668. The number of hydrogen-bond acceptors (Lipinski definition) is 7. The van der Waals surface area contributed by atoms with Crippen LogP contribution in [0.5, 0.6) is 0 Å². The number of fused-ring (bicyclic) bond motifs is 8. The van der Waals surface area contributed by atoms with Gasteiger partial charge in [0.2, 0.25) is 0 Å². The molecule has 12 aromatic rings. The van der Waals surface area contributed by atoms with Crippen molar-refractivity contribution in [2.75, 3.05) is 4.90 Å². The van der Waals surface area contributed by atoms with Gasteiger partial charge < -0.3 is 13.7 Å². The fraction of sp³-hybridized carbons (Fsp3) is 0. The van der Waals surface area contributed by atoms with Crippen molar-refractivity contribution in [1.82, 2.24) is 15.0 Å². The van der Waals surface area contributed by atoms with Gasteiger partial charge in [-0.15, -0.1) is 0 Å². The summed E-state index contributed by atoms with van der Waals surface area (Å²) < 4.78 is 12.4. The molecule has 4 heterocycles. The summed E-state index contributed by atoms with van der Waals surface area (Å²) in [5.41, 5.74) is 14.2. The van der Waals surface area contributed by atoms with Crippen molar-refractivity contribution in [1.29, 1.82) is 0 Å². The summed E-state index contributed by atoms with van der Waals surface area (Å²) >= 11 is 1.81. The molecule has 0 bridgehead atoms. The van der Waals surface area contributed by atoms with Crippen LogP contribution in [0.3, 0.4) is 0 Å². The van der Waals surface area contributed by atoms with Crippen molar-refractivity contribution < 1.29 is 8.83 Å². The molecule has 0 aliphatic carbocycles. The Bertz CT molecular complexity index is 3550. The Hall–Kier alpha value is -8.26. The highest BCUT2D eigenvalue weighted by atomic mass is 32.2. The van der Waals surface area contributed by atoms with E-state index < -0.39 is 0 Å². The second-order valence-corrected chi connectivity index (χ2v) is 17.1. The normalized spacial score (nSPS) is 12.3. The summed E-state index contributed by atoms with van der Waals surface area (Å²) in [4.78, 5) is 19.6. The summed E-state index contributed by atoms with van der Waals surface area (Å²) in [5.74, 6) is 1.89. The first-order valence-corrected chi connectivity index (χ1v) is 22.1. The van der Waals surface area contributed by atoms with Gasteiger partial charge in [-0.25, -0.2) is 15.0 Å². The van der Waals surface area contributed by atoms with Crippen LogP contribution in [0.15, 0.2) is 225 Å². The molecular weight excluding hydrogens is 805 g/mol. The number of aromatic nitrogens is 3. The van der Waals surface area contributed by atoms with Gasteiger partial charge in [0, 0.05) is 53.7 Å². The highest BCUT2D eigenvalue weighted by Gasteiger charge is 2.27. The first-order valence-electron chi connectivity index (χ1n) is 21.2. The molecule has 0 spiro atoms. The van der Waals surface area contributed by atoms with Crippen LogP contribution in [-0.2, 0) is 0 Å². The van der Waals surface area contributed by atoms with Gasteiger partial charge in [0.15, 0.2) is 17.5 Å². The largest absolute Gasteiger partial charge is 0.456 e. The summed E-state index contributed by atoms with van der Waals surface area (Å²) in [6, 6.07) is 71.8. The van der Waals surface area contributed by atoms with Gasteiger partial charge >= 0.3 is 0 Å². The van der Waals surface area contributed by atoms with Crippen molar-refractivity contribution in [3.63, 3.8) is 0 Å². The van der Waals surface area contributed by atoms with Crippen molar-refractivity contribution in [2.45, 2.75) is 9.79 Å². The second kappa shape index (κ2) is 14.7. The van der Waals surface area contributed by atoms with E-state index in [1.54, 1.807) is 0 Å². The highest BCUT2D eigenvalue weighted by Crippen LogP contribution is 2.53. The van der Waals surface area contributed by atoms with Gasteiger partial charge in [0.25, 0.3) is 0 Å². The molecule has 0 saturated heterocycles. The Kier molecular flexibility index (Phi) is 8.35. The maximum absolute atomic E-state index is 6.19. The summed E-state index contributed by atoms with van der Waals surface area (Å²) in [6.07, 6.45) is 0. The average molecular weight is 839 g/mol. The molecule has 1 aliphatic heterocycles. The summed E-state index contributed by atoms with van der Waals surface area (Å²) in [7, 11) is 0. The highest BCUT2D eigenvalue weighted by molar-refractivity contribution is 7.99. The Morgan fingerprint density at radius 3 is 1.17 bits per heavy atom. The molecule has 13 rings (SSSR count). The molecule has 0 unspecified atom stereocenters. The molecule has 64 heavy (non-hydrogen) atoms. The van der Waals surface area contributed by atoms with Crippen LogP contribution in [0.2, 0.25) is 0 Å². The molecule has 0 fully saturated rings. The minimum atomic E-state index is 0.619. The quantitative estimate of drug-likeness (QED) is 0.165. The molecule has 7 heteroatoms. The molecule has 0 amide bonds. The van der Waals surface area contributed by atoms with Gasteiger partial charge in [-0.3, -0.25) is 0 Å². The van der Waals surface area contributed by atoms with Crippen LogP contribution in [0.1, 0.15) is 0 Å². The maximum Gasteiger partial charge on any atom is 0.164 e. The standard InChI is InChI=1S/C57H34N4O2S/c1-3-11-35(12-4-1)55-58-56(36-13-5-2-6-14-36)60-57(59-55)37-19-25-42(26-20-37)61-47-27-21-40(38-23-29-51-45(31-38)43-15-7-9-17-49(43)62-51)33-53(47)64-54-34-41(22-28-48(54)61)39-24-30-52-46(32-39)44-16-8-10-18-50(44)63-52/h1-34H. The molecular formula is C57H34N4O2S. The van der Waals surface area contributed by atoms with Gasteiger partial charge in [-0.1, -0.05) is 133 Å². The lowest BCUT2D eigenvalue weighted by atomic mass is 10.0. The van der Waals surface area contributed by atoms with Crippen molar-refractivity contribution in [2.24, 2.45) is 0 Å². The molecule has 300 valence electrons. The van der Waals surface area contributed by atoms with E-state index in [1.165, 1.54) is 0 Å². The number of benzene rings is 9. The number of rotatable bonds is 6. The predicted molar refractivity (Wildman–Crippen MR) is 260 cm³/mol. The smallest absolute Gasteiger partial charge is 0.164 e. The number of nitrogens with zero attached hydrogens (tertiary/aromatic N) is 4. The van der Waals surface area contributed by atoms with E-state index in [0.29, 0.717) is 17.5 Å². The Labute approximate surface area is 372 Å². The molecule has 0 atom stereocenters. The van der Waals surface area contributed by atoms with Gasteiger partial charge in [-0.2, -0.15) is 0 Å². The van der Waals surface area contributed by atoms with E-state index in [9.17, 15) is 0 Å². The zero-order valence-corrected chi connectivity index (χ0v) is 35.0. The van der Waals surface area contributed by atoms with Crippen molar-refractivity contribution >= 4 is 72.7 Å². The SMILES string of the molecule is c1ccc(-c2nc(-c3ccccc3)nc(-c3ccc(N4c5ccc(-c6ccc7oc8ccccc8c7c6)cc5Sc5cc(-c6ccc7oc8ccccc8c7c6)ccc54)cc3)n2)cc1. The first kappa shape index (κ1) is 36.4. The number of para-hydroxylation sites is 2. The van der Waals surface area contributed by atoms with E-state index in [0.717, 1.165) is 110 Å². The monoisotopic (exact) mass is 838 g/mol. The lowest BCUT2D eigenvalue weighted by Crippen LogP contribution is -2.15. The Morgan fingerprint density at radius 2 is 0.688 bits per heavy atom. The Morgan fingerprint density at radius 1 is 0.312 bits per heavy atom. The van der Waals surface area contributed by atoms with E-state index >= 15 is 0 Å².